The second-order valence-corrected chi connectivity index (χ2v) is 6.95. The highest BCUT2D eigenvalue weighted by Crippen LogP contribution is 2.65. The molecule has 0 aromatic heterocycles. The smallest absolute Gasteiger partial charge is 0.403 e. The fourth-order valence-corrected chi connectivity index (χ4v) is 3.14. The topological polar surface area (TPSA) is 27.7 Å². The van der Waals surface area contributed by atoms with E-state index in [2.05, 4.69) is 27.7 Å². The molecule has 0 aromatic rings. The van der Waals surface area contributed by atoms with Crippen LogP contribution in [0, 0.1) is 5.41 Å². The second kappa shape index (κ2) is 3.49. The van der Waals surface area contributed by atoms with Crippen LogP contribution in [-0.2, 0) is 14.0 Å². The molecular formula is C13H23BO3. The first-order valence-corrected chi connectivity index (χ1v) is 6.80. The molecule has 3 rings (SSSR count). The van der Waals surface area contributed by atoms with Crippen molar-refractivity contribution in [2.75, 3.05) is 13.2 Å². The average Bonchev–Trinajstić information content (AvgIpc) is 2.85. The largest absolute Gasteiger partial charge is 0.461 e. The van der Waals surface area contributed by atoms with Gasteiger partial charge in [0.05, 0.1) is 17.8 Å². The van der Waals surface area contributed by atoms with Gasteiger partial charge in [0, 0.05) is 12.4 Å². The Kier molecular flexibility index (Phi) is 2.46. The van der Waals surface area contributed by atoms with Crippen molar-refractivity contribution < 1.29 is 14.0 Å². The molecule has 2 saturated heterocycles. The molecule has 0 radical (unpaired) electrons. The van der Waals surface area contributed by atoms with Crippen molar-refractivity contribution in [3.05, 3.63) is 0 Å². The predicted molar refractivity (Wildman–Crippen MR) is 66.9 cm³/mol. The summed E-state index contributed by atoms with van der Waals surface area (Å²) in [5, 5.41) is 0. The Morgan fingerprint density at radius 1 is 1.06 bits per heavy atom. The molecule has 2 aliphatic heterocycles. The van der Waals surface area contributed by atoms with Crippen molar-refractivity contribution in [3.8, 4) is 0 Å². The van der Waals surface area contributed by atoms with Gasteiger partial charge in [0.25, 0.3) is 0 Å². The molecule has 3 aliphatic rings. The molecule has 3 fully saturated rings. The number of ether oxygens (including phenoxy) is 1. The van der Waals surface area contributed by atoms with E-state index in [1.54, 1.807) is 0 Å². The Morgan fingerprint density at radius 2 is 1.71 bits per heavy atom. The maximum atomic E-state index is 6.14. The zero-order valence-electron chi connectivity index (χ0n) is 11.4. The molecule has 0 N–H and O–H groups in total. The van der Waals surface area contributed by atoms with Crippen LogP contribution in [0.5, 0.6) is 0 Å². The lowest BCUT2D eigenvalue weighted by atomic mass is 9.75. The average molecular weight is 238 g/mol. The third kappa shape index (κ3) is 1.76. The van der Waals surface area contributed by atoms with Crippen LogP contribution in [0.4, 0.5) is 0 Å². The highest BCUT2D eigenvalue weighted by atomic mass is 16.7. The fraction of sp³-hybridized carbons (Fsp3) is 1.00. The van der Waals surface area contributed by atoms with Crippen LogP contribution in [0.3, 0.4) is 0 Å². The molecule has 1 spiro atoms. The van der Waals surface area contributed by atoms with E-state index >= 15 is 0 Å². The Balaban J connectivity index is 1.69. The molecular weight excluding hydrogens is 215 g/mol. The van der Waals surface area contributed by atoms with Gasteiger partial charge in [-0.1, -0.05) is 0 Å². The van der Waals surface area contributed by atoms with E-state index in [0.717, 1.165) is 13.2 Å². The van der Waals surface area contributed by atoms with Crippen molar-refractivity contribution >= 4 is 7.12 Å². The first-order valence-electron chi connectivity index (χ1n) is 6.80. The molecule has 17 heavy (non-hydrogen) atoms. The zero-order valence-corrected chi connectivity index (χ0v) is 11.4. The fourth-order valence-electron chi connectivity index (χ4n) is 3.14. The lowest BCUT2D eigenvalue weighted by Gasteiger charge is -2.32. The highest BCUT2D eigenvalue weighted by molar-refractivity contribution is 6.49. The van der Waals surface area contributed by atoms with Crippen LogP contribution in [0.2, 0.25) is 5.82 Å². The van der Waals surface area contributed by atoms with Gasteiger partial charge in [-0.2, -0.15) is 0 Å². The van der Waals surface area contributed by atoms with Crippen LogP contribution >= 0.6 is 0 Å². The molecule has 2 atom stereocenters. The zero-order chi connectivity index (χ0) is 12.3. The van der Waals surface area contributed by atoms with Gasteiger partial charge in [-0.25, -0.2) is 0 Å². The third-order valence-electron chi connectivity index (χ3n) is 5.21. The molecule has 4 heteroatoms. The van der Waals surface area contributed by atoms with E-state index < -0.39 is 0 Å². The molecule has 0 amide bonds. The SMILES string of the molecule is CC1(C)OB(C2CC23CCCOC3)OC1(C)C. The van der Waals surface area contributed by atoms with Crippen LogP contribution < -0.4 is 0 Å². The summed E-state index contributed by atoms with van der Waals surface area (Å²) < 4.78 is 17.9. The summed E-state index contributed by atoms with van der Waals surface area (Å²) in [6, 6.07) is 0. The van der Waals surface area contributed by atoms with E-state index in [4.69, 9.17) is 14.0 Å². The van der Waals surface area contributed by atoms with E-state index in [1.165, 1.54) is 19.3 Å². The molecule has 0 bridgehead atoms. The minimum Gasteiger partial charge on any atom is -0.403 e. The van der Waals surface area contributed by atoms with Crippen LogP contribution in [0.25, 0.3) is 0 Å². The lowest BCUT2D eigenvalue weighted by molar-refractivity contribution is 0.00578. The van der Waals surface area contributed by atoms with Gasteiger partial charge in [0.1, 0.15) is 0 Å². The van der Waals surface area contributed by atoms with Crippen LogP contribution in [-0.4, -0.2) is 31.5 Å². The molecule has 1 aliphatic carbocycles. The van der Waals surface area contributed by atoms with Crippen molar-refractivity contribution in [2.24, 2.45) is 5.41 Å². The van der Waals surface area contributed by atoms with Gasteiger partial charge in [-0.15, -0.1) is 0 Å². The van der Waals surface area contributed by atoms with E-state index in [9.17, 15) is 0 Å². The predicted octanol–water partition coefficient (Wildman–Crippen LogP) is 2.65. The Bertz CT molecular complexity index is 305. The summed E-state index contributed by atoms with van der Waals surface area (Å²) in [5.74, 6) is 0.545. The van der Waals surface area contributed by atoms with Crippen LogP contribution in [0.15, 0.2) is 0 Å². The maximum Gasteiger partial charge on any atom is 0.461 e. The van der Waals surface area contributed by atoms with Crippen molar-refractivity contribution in [2.45, 2.75) is 64.0 Å². The van der Waals surface area contributed by atoms with Crippen molar-refractivity contribution in [1.82, 2.24) is 0 Å². The van der Waals surface area contributed by atoms with Crippen LogP contribution in [0.1, 0.15) is 47.0 Å². The Morgan fingerprint density at radius 3 is 2.24 bits per heavy atom. The standard InChI is InChI=1S/C13H23BO3/c1-11(2)12(3,4)17-14(16-11)10-8-13(10)6-5-7-15-9-13/h10H,5-9H2,1-4H3. The number of hydrogen-bond donors (Lipinski definition) is 0. The molecule has 0 aromatic carbocycles. The summed E-state index contributed by atoms with van der Waals surface area (Å²) in [5.41, 5.74) is -0.0205. The summed E-state index contributed by atoms with van der Waals surface area (Å²) >= 11 is 0. The lowest BCUT2D eigenvalue weighted by Crippen LogP contribution is -2.41. The van der Waals surface area contributed by atoms with Crippen molar-refractivity contribution in [3.63, 3.8) is 0 Å². The summed E-state index contributed by atoms with van der Waals surface area (Å²) in [6.45, 7) is 10.3. The first kappa shape index (κ1) is 12.0. The summed E-state index contributed by atoms with van der Waals surface area (Å²) in [6.07, 6.45) is 3.68. The van der Waals surface area contributed by atoms with Gasteiger partial charge in [0.15, 0.2) is 0 Å². The second-order valence-electron chi connectivity index (χ2n) is 6.95. The molecule has 96 valence electrons. The van der Waals surface area contributed by atoms with E-state index in [1.807, 2.05) is 0 Å². The molecule has 2 heterocycles. The summed E-state index contributed by atoms with van der Waals surface area (Å²) in [4.78, 5) is 0. The Hall–Kier alpha value is -0.0551. The highest BCUT2D eigenvalue weighted by Gasteiger charge is 2.66. The molecule has 1 saturated carbocycles. The minimum atomic E-state index is -0.197. The van der Waals surface area contributed by atoms with Gasteiger partial charge in [-0.05, 0) is 52.4 Å². The minimum absolute atomic E-state index is 0.0262. The quantitative estimate of drug-likeness (QED) is 0.657. The number of rotatable bonds is 1. The third-order valence-corrected chi connectivity index (χ3v) is 5.21. The van der Waals surface area contributed by atoms with E-state index in [-0.39, 0.29) is 18.3 Å². The molecule has 3 nitrogen and oxygen atoms in total. The van der Waals surface area contributed by atoms with Gasteiger partial charge < -0.3 is 14.0 Å². The molecule has 2 unspecified atom stereocenters. The van der Waals surface area contributed by atoms with Gasteiger partial charge in [-0.3, -0.25) is 0 Å². The van der Waals surface area contributed by atoms with Crippen molar-refractivity contribution in [1.29, 1.82) is 0 Å². The van der Waals surface area contributed by atoms with Gasteiger partial charge in [0.2, 0.25) is 0 Å². The maximum absolute atomic E-state index is 6.14. The number of hydrogen-bond acceptors (Lipinski definition) is 3. The normalized spacial score (nSPS) is 43.1. The van der Waals surface area contributed by atoms with E-state index in [0.29, 0.717) is 11.2 Å². The monoisotopic (exact) mass is 238 g/mol. The summed E-state index contributed by atoms with van der Waals surface area (Å²) in [7, 11) is -0.0262. The Labute approximate surface area is 104 Å². The first-order chi connectivity index (χ1) is 7.86. The van der Waals surface area contributed by atoms with Gasteiger partial charge >= 0.3 is 7.12 Å².